The number of hydrogen-bond acceptors (Lipinski definition) is 4. The second-order valence-electron chi connectivity index (χ2n) is 5.34. The Morgan fingerprint density at radius 2 is 1.56 bits per heavy atom. The van der Waals surface area contributed by atoms with Crippen LogP contribution in [0.3, 0.4) is 0 Å². The smallest absolute Gasteiger partial charge is 0.339 e. The summed E-state index contributed by atoms with van der Waals surface area (Å²) >= 11 is 1.59. The van der Waals surface area contributed by atoms with E-state index in [0.29, 0.717) is 5.75 Å². The van der Waals surface area contributed by atoms with Gasteiger partial charge in [-0.25, -0.2) is 9.59 Å². The third kappa shape index (κ3) is 4.19. The van der Waals surface area contributed by atoms with E-state index < -0.39 is 11.9 Å². The lowest BCUT2D eigenvalue weighted by molar-refractivity contribution is 0.0518. The molecule has 3 rings (SSSR count). The number of fused-ring (bicyclic) bond motifs is 1. The van der Waals surface area contributed by atoms with Crippen LogP contribution in [-0.2, 0) is 4.74 Å². The zero-order valence-corrected chi connectivity index (χ0v) is 14.2. The summed E-state index contributed by atoms with van der Waals surface area (Å²) in [6.45, 7) is 0.213. The molecule has 0 saturated carbocycles. The maximum Gasteiger partial charge on any atom is 0.339 e. The molecule has 0 saturated heterocycles. The molecule has 126 valence electrons. The molecule has 0 bridgehead atoms. The molecule has 0 aromatic heterocycles. The average Bonchev–Trinajstić information content (AvgIpc) is 2.65. The van der Waals surface area contributed by atoms with Gasteiger partial charge in [0.05, 0.1) is 11.1 Å². The van der Waals surface area contributed by atoms with Gasteiger partial charge < -0.3 is 9.84 Å². The molecule has 0 aliphatic carbocycles. The second-order valence-corrected chi connectivity index (χ2v) is 6.51. The number of ether oxygens (including phenoxy) is 1. The van der Waals surface area contributed by atoms with Crippen molar-refractivity contribution in [2.75, 3.05) is 12.4 Å². The van der Waals surface area contributed by atoms with Crippen LogP contribution in [0.25, 0.3) is 10.8 Å². The van der Waals surface area contributed by atoms with Gasteiger partial charge in [-0.2, -0.15) is 0 Å². The van der Waals surface area contributed by atoms with Gasteiger partial charge >= 0.3 is 11.9 Å². The fourth-order valence-electron chi connectivity index (χ4n) is 2.48. The molecular weight excluding hydrogens is 336 g/mol. The molecule has 0 fully saturated rings. The lowest BCUT2D eigenvalue weighted by Crippen LogP contribution is -2.13. The number of aromatic carboxylic acids is 1. The number of rotatable bonds is 6. The van der Waals surface area contributed by atoms with Gasteiger partial charge in [0.2, 0.25) is 0 Å². The van der Waals surface area contributed by atoms with E-state index in [2.05, 4.69) is 24.3 Å². The third-order valence-electron chi connectivity index (χ3n) is 3.68. The minimum Gasteiger partial charge on any atom is -0.478 e. The Kier molecular flexibility index (Phi) is 5.36. The Balaban J connectivity index is 1.56. The van der Waals surface area contributed by atoms with Crippen molar-refractivity contribution < 1.29 is 19.4 Å². The van der Waals surface area contributed by atoms with E-state index in [0.717, 1.165) is 4.90 Å². The van der Waals surface area contributed by atoms with Crippen molar-refractivity contribution >= 4 is 34.5 Å². The van der Waals surface area contributed by atoms with Crippen LogP contribution >= 0.6 is 11.8 Å². The first kappa shape index (κ1) is 17.0. The number of esters is 1. The van der Waals surface area contributed by atoms with E-state index in [1.54, 1.807) is 23.9 Å². The Bertz CT molecular complexity index is 920. The number of carbonyl (C=O) groups excluding carboxylic acids is 1. The molecule has 0 radical (unpaired) electrons. The van der Waals surface area contributed by atoms with Crippen LogP contribution < -0.4 is 0 Å². The van der Waals surface area contributed by atoms with Crippen molar-refractivity contribution in [3.05, 3.63) is 77.9 Å². The van der Waals surface area contributed by atoms with Crippen LogP contribution in [0, 0.1) is 0 Å². The molecule has 5 heteroatoms. The van der Waals surface area contributed by atoms with Crippen molar-refractivity contribution in [3.63, 3.8) is 0 Å². The van der Waals surface area contributed by atoms with Gasteiger partial charge in [-0.15, -0.1) is 11.8 Å². The van der Waals surface area contributed by atoms with E-state index in [1.165, 1.54) is 22.9 Å². The van der Waals surface area contributed by atoms with Gasteiger partial charge in [0.1, 0.15) is 6.61 Å². The van der Waals surface area contributed by atoms with Gasteiger partial charge in [-0.1, -0.05) is 42.5 Å². The molecule has 3 aromatic rings. The summed E-state index contributed by atoms with van der Waals surface area (Å²) < 4.78 is 5.21. The summed E-state index contributed by atoms with van der Waals surface area (Å²) in [5.41, 5.74) is 0.0281. The number of carbonyl (C=O) groups is 2. The molecule has 0 atom stereocenters. The van der Waals surface area contributed by atoms with Crippen LogP contribution in [0.1, 0.15) is 20.7 Å². The van der Waals surface area contributed by atoms with Gasteiger partial charge in [0.15, 0.2) is 0 Å². The van der Waals surface area contributed by atoms with Crippen LogP contribution in [0.5, 0.6) is 0 Å². The van der Waals surface area contributed by atoms with Crippen LogP contribution in [0.15, 0.2) is 71.6 Å². The molecule has 0 amide bonds. The summed E-state index contributed by atoms with van der Waals surface area (Å²) in [6, 6.07) is 20.4. The highest BCUT2D eigenvalue weighted by Gasteiger charge is 2.16. The zero-order valence-electron chi connectivity index (χ0n) is 13.3. The number of carboxylic acids is 1. The molecule has 0 unspecified atom stereocenters. The largest absolute Gasteiger partial charge is 0.478 e. The minimum atomic E-state index is -1.14. The first-order chi connectivity index (χ1) is 12.1. The van der Waals surface area contributed by atoms with Crippen molar-refractivity contribution in [1.82, 2.24) is 0 Å². The predicted octanol–water partition coefficient (Wildman–Crippen LogP) is 4.49. The molecular formula is C20H16O4S. The minimum absolute atomic E-state index is 0.0466. The van der Waals surface area contributed by atoms with Crippen LogP contribution in [0.4, 0.5) is 0 Å². The van der Waals surface area contributed by atoms with E-state index in [9.17, 15) is 9.59 Å². The van der Waals surface area contributed by atoms with Crippen molar-refractivity contribution in [3.8, 4) is 0 Å². The summed E-state index contributed by atoms with van der Waals surface area (Å²) in [6.07, 6.45) is 0. The molecule has 4 nitrogen and oxygen atoms in total. The van der Waals surface area contributed by atoms with Crippen molar-refractivity contribution in [2.45, 2.75) is 4.90 Å². The van der Waals surface area contributed by atoms with Gasteiger partial charge in [0, 0.05) is 10.6 Å². The lowest BCUT2D eigenvalue weighted by Gasteiger charge is -2.07. The van der Waals surface area contributed by atoms with E-state index in [-0.39, 0.29) is 17.7 Å². The van der Waals surface area contributed by atoms with Crippen molar-refractivity contribution in [1.29, 1.82) is 0 Å². The standard InChI is InChI=1S/C20H16O4S/c21-19(22)17-7-3-4-8-18(17)20(23)24-11-12-25-16-10-9-14-5-1-2-6-15(14)13-16/h1-10,13H,11-12H2,(H,21,22). The maximum atomic E-state index is 12.1. The SMILES string of the molecule is O=C(O)c1ccccc1C(=O)OCCSc1ccc2ccccc2c1. The Morgan fingerprint density at radius 3 is 2.32 bits per heavy atom. The Morgan fingerprint density at radius 1 is 0.880 bits per heavy atom. The molecule has 0 aliphatic heterocycles. The molecule has 0 aliphatic rings. The topological polar surface area (TPSA) is 63.6 Å². The molecule has 0 heterocycles. The highest BCUT2D eigenvalue weighted by atomic mass is 32.2. The monoisotopic (exact) mass is 352 g/mol. The summed E-state index contributed by atoms with van der Waals surface area (Å²) in [5, 5.41) is 11.5. The van der Waals surface area contributed by atoms with Gasteiger partial charge in [0.25, 0.3) is 0 Å². The highest BCUT2D eigenvalue weighted by Crippen LogP contribution is 2.23. The molecule has 25 heavy (non-hydrogen) atoms. The summed E-state index contributed by atoms with van der Waals surface area (Å²) in [7, 11) is 0. The first-order valence-electron chi connectivity index (χ1n) is 7.76. The van der Waals surface area contributed by atoms with E-state index in [1.807, 2.05) is 18.2 Å². The number of hydrogen-bond donors (Lipinski definition) is 1. The summed E-state index contributed by atoms with van der Waals surface area (Å²) in [5.74, 6) is -1.16. The number of thioether (sulfide) groups is 1. The fourth-order valence-corrected chi connectivity index (χ4v) is 3.25. The maximum absolute atomic E-state index is 12.1. The molecule has 1 N–H and O–H groups in total. The summed E-state index contributed by atoms with van der Waals surface area (Å²) in [4.78, 5) is 24.3. The average molecular weight is 352 g/mol. The predicted molar refractivity (Wildman–Crippen MR) is 98.4 cm³/mol. The van der Waals surface area contributed by atoms with Crippen LogP contribution in [0.2, 0.25) is 0 Å². The van der Waals surface area contributed by atoms with Gasteiger partial charge in [-0.3, -0.25) is 0 Å². The molecule has 3 aromatic carbocycles. The van der Waals surface area contributed by atoms with E-state index in [4.69, 9.17) is 9.84 Å². The Hall–Kier alpha value is -2.79. The quantitative estimate of drug-likeness (QED) is 0.402. The first-order valence-corrected chi connectivity index (χ1v) is 8.75. The van der Waals surface area contributed by atoms with Crippen LogP contribution in [-0.4, -0.2) is 29.4 Å². The van der Waals surface area contributed by atoms with Crippen molar-refractivity contribution in [2.24, 2.45) is 0 Å². The number of carboxylic acid groups (broad SMARTS) is 1. The normalized spacial score (nSPS) is 10.6. The Labute approximate surface area is 149 Å². The third-order valence-corrected chi connectivity index (χ3v) is 4.64. The molecule has 0 spiro atoms. The fraction of sp³-hybridized carbons (Fsp3) is 0.100. The zero-order chi connectivity index (χ0) is 17.6. The number of benzene rings is 3. The van der Waals surface area contributed by atoms with E-state index >= 15 is 0 Å². The highest BCUT2D eigenvalue weighted by molar-refractivity contribution is 7.99. The van der Waals surface area contributed by atoms with Gasteiger partial charge in [-0.05, 0) is 35.0 Å². The second kappa shape index (κ2) is 7.85. The lowest BCUT2D eigenvalue weighted by atomic mass is 10.1.